The predicted octanol–water partition coefficient (Wildman–Crippen LogP) is 2.50. The average Bonchev–Trinajstić information content (AvgIpc) is 2.54. The lowest BCUT2D eigenvalue weighted by atomic mass is 10.0. The van der Waals surface area contributed by atoms with Crippen LogP contribution in [0.3, 0.4) is 0 Å². The number of likely N-dealkylation sites (N-methyl/N-ethyl adjacent to an activating group) is 1. The molecule has 0 atom stereocenters. The van der Waals surface area contributed by atoms with Gasteiger partial charge in [0.2, 0.25) is 0 Å². The molecule has 0 aliphatic carbocycles. The van der Waals surface area contributed by atoms with Crippen LogP contribution in [0.15, 0.2) is 12.1 Å². The number of rotatable bonds is 3. The molecular formula is C14H18N2O. The molecule has 1 aromatic carbocycles. The molecule has 0 saturated carbocycles. The van der Waals surface area contributed by atoms with E-state index in [9.17, 15) is 4.79 Å². The normalized spacial score (nSPS) is 11.1. The first-order valence-electron chi connectivity index (χ1n) is 5.82. The number of benzene rings is 1. The van der Waals surface area contributed by atoms with Crippen molar-refractivity contribution in [3.05, 3.63) is 34.5 Å². The van der Waals surface area contributed by atoms with E-state index >= 15 is 0 Å². The van der Waals surface area contributed by atoms with Crippen molar-refractivity contribution >= 4 is 16.7 Å². The SMILES string of the molecule is CNCC(=O)c1c(C)[nH]c2cc(C)cc(C)c12. The van der Waals surface area contributed by atoms with Gasteiger partial charge in [0, 0.05) is 22.2 Å². The summed E-state index contributed by atoms with van der Waals surface area (Å²) in [7, 11) is 1.79. The molecule has 0 radical (unpaired) electrons. The third-order valence-corrected chi connectivity index (χ3v) is 3.04. The molecule has 0 bridgehead atoms. The van der Waals surface area contributed by atoms with Crippen LogP contribution in [0.2, 0.25) is 0 Å². The Hall–Kier alpha value is -1.61. The zero-order valence-corrected chi connectivity index (χ0v) is 10.8. The van der Waals surface area contributed by atoms with Gasteiger partial charge in [-0.25, -0.2) is 0 Å². The summed E-state index contributed by atoms with van der Waals surface area (Å²) in [6.45, 7) is 6.45. The molecule has 0 spiro atoms. The summed E-state index contributed by atoms with van der Waals surface area (Å²) in [5, 5.41) is 3.98. The Labute approximate surface area is 101 Å². The lowest BCUT2D eigenvalue weighted by Crippen LogP contribution is -2.19. The molecule has 1 heterocycles. The van der Waals surface area contributed by atoms with Crippen molar-refractivity contribution in [2.24, 2.45) is 0 Å². The third-order valence-electron chi connectivity index (χ3n) is 3.04. The van der Waals surface area contributed by atoms with Crippen LogP contribution in [-0.2, 0) is 0 Å². The molecule has 3 nitrogen and oxygen atoms in total. The van der Waals surface area contributed by atoms with Gasteiger partial charge in [0.05, 0.1) is 6.54 Å². The monoisotopic (exact) mass is 230 g/mol. The van der Waals surface area contributed by atoms with E-state index in [2.05, 4.69) is 36.3 Å². The topological polar surface area (TPSA) is 44.9 Å². The predicted molar refractivity (Wildman–Crippen MR) is 70.8 cm³/mol. The minimum Gasteiger partial charge on any atom is -0.358 e. The molecule has 3 heteroatoms. The third kappa shape index (κ3) is 1.98. The zero-order chi connectivity index (χ0) is 12.6. The first kappa shape index (κ1) is 11.9. The van der Waals surface area contributed by atoms with Gasteiger partial charge in [0.25, 0.3) is 0 Å². The number of aromatic amines is 1. The van der Waals surface area contributed by atoms with Gasteiger partial charge < -0.3 is 10.3 Å². The Balaban J connectivity index is 2.71. The maximum Gasteiger partial charge on any atom is 0.179 e. The molecule has 17 heavy (non-hydrogen) atoms. The van der Waals surface area contributed by atoms with E-state index in [4.69, 9.17) is 0 Å². The van der Waals surface area contributed by atoms with Gasteiger partial charge in [-0.15, -0.1) is 0 Å². The van der Waals surface area contributed by atoms with Crippen LogP contribution in [0.1, 0.15) is 27.2 Å². The number of hydrogen-bond donors (Lipinski definition) is 2. The molecule has 1 aromatic heterocycles. The molecule has 0 amide bonds. The smallest absolute Gasteiger partial charge is 0.179 e. The van der Waals surface area contributed by atoms with Crippen molar-refractivity contribution in [1.82, 2.24) is 10.3 Å². The zero-order valence-electron chi connectivity index (χ0n) is 10.8. The second kappa shape index (κ2) is 4.34. The van der Waals surface area contributed by atoms with Gasteiger partial charge in [-0.1, -0.05) is 6.07 Å². The Kier molecular flexibility index (Phi) is 3.03. The quantitative estimate of drug-likeness (QED) is 0.796. The van der Waals surface area contributed by atoms with Gasteiger partial charge in [-0.2, -0.15) is 0 Å². The molecule has 2 rings (SSSR count). The average molecular weight is 230 g/mol. The summed E-state index contributed by atoms with van der Waals surface area (Å²) < 4.78 is 0. The number of nitrogens with one attached hydrogen (secondary N) is 2. The molecule has 2 N–H and O–H groups in total. The summed E-state index contributed by atoms with van der Waals surface area (Å²) in [6.07, 6.45) is 0. The standard InChI is InChI=1S/C14H18N2O/c1-8-5-9(2)13-11(6-8)16-10(3)14(13)12(17)7-15-4/h5-6,15-16H,7H2,1-4H3. The highest BCUT2D eigenvalue weighted by molar-refractivity contribution is 6.11. The summed E-state index contributed by atoms with van der Waals surface area (Å²) >= 11 is 0. The molecule has 0 aliphatic rings. The molecule has 2 aromatic rings. The number of ketones is 1. The van der Waals surface area contributed by atoms with E-state index in [1.165, 1.54) is 5.56 Å². The fourth-order valence-electron chi connectivity index (χ4n) is 2.45. The van der Waals surface area contributed by atoms with Crippen LogP contribution >= 0.6 is 0 Å². The van der Waals surface area contributed by atoms with Gasteiger partial charge in [0.15, 0.2) is 5.78 Å². The van der Waals surface area contributed by atoms with Gasteiger partial charge in [-0.3, -0.25) is 4.79 Å². The number of carbonyl (C=O) groups excluding carboxylic acids is 1. The van der Waals surface area contributed by atoms with Crippen molar-refractivity contribution in [3.63, 3.8) is 0 Å². The number of carbonyl (C=O) groups is 1. The van der Waals surface area contributed by atoms with Crippen molar-refractivity contribution in [2.75, 3.05) is 13.6 Å². The Morgan fingerprint density at radius 1 is 1.29 bits per heavy atom. The second-order valence-corrected chi connectivity index (χ2v) is 4.58. The lowest BCUT2D eigenvalue weighted by Gasteiger charge is -2.03. The van der Waals surface area contributed by atoms with Gasteiger partial charge in [0.1, 0.15) is 0 Å². The van der Waals surface area contributed by atoms with Crippen LogP contribution in [-0.4, -0.2) is 24.4 Å². The first-order chi connectivity index (χ1) is 8.04. The van der Waals surface area contributed by atoms with E-state index < -0.39 is 0 Å². The molecule has 90 valence electrons. The summed E-state index contributed by atoms with van der Waals surface area (Å²) in [5.74, 6) is 0.142. The number of hydrogen-bond acceptors (Lipinski definition) is 2. The Morgan fingerprint density at radius 2 is 2.00 bits per heavy atom. The number of Topliss-reactive ketones (excluding diaryl/α,β-unsaturated/α-hetero) is 1. The Morgan fingerprint density at radius 3 is 2.65 bits per heavy atom. The summed E-state index contributed by atoms with van der Waals surface area (Å²) in [4.78, 5) is 15.4. The molecule has 0 unspecified atom stereocenters. The van der Waals surface area contributed by atoms with E-state index in [0.29, 0.717) is 6.54 Å². The highest BCUT2D eigenvalue weighted by Crippen LogP contribution is 2.27. The maximum atomic E-state index is 12.1. The fourth-order valence-corrected chi connectivity index (χ4v) is 2.45. The number of H-pyrrole nitrogens is 1. The number of fused-ring (bicyclic) bond motifs is 1. The second-order valence-electron chi connectivity index (χ2n) is 4.58. The molecule has 0 aliphatic heterocycles. The largest absolute Gasteiger partial charge is 0.358 e. The van der Waals surface area contributed by atoms with E-state index in [1.54, 1.807) is 7.05 Å². The molecular weight excluding hydrogens is 212 g/mol. The minimum absolute atomic E-state index is 0.142. The van der Waals surface area contributed by atoms with E-state index in [1.807, 2.05) is 6.92 Å². The molecule has 0 saturated heterocycles. The van der Waals surface area contributed by atoms with Crippen LogP contribution in [0.5, 0.6) is 0 Å². The van der Waals surface area contributed by atoms with Gasteiger partial charge >= 0.3 is 0 Å². The van der Waals surface area contributed by atoms with E-state index in [0.717, 1.165) is 27.7 Å². The van der Waals surface area contributed by atoms with Crippen LogP contribution in [0.25, 0.3) is 10.9 Å². The highest BCUT2D eigenvalue weighted by atomic mass is 16.1. The highest BCUT2D eigenvalue weighted by Gasteiger charge is 2.16. The fraction of sp³-hybridized carbons (Fsp3) is 0.357. The van der Waals surface area contributed by atoms with Crippen molar-refractivity contribution < 1.29 is 4.79 Å². The molecule has 0 fully saturated rings. The first-order valence-corrected chi connectivity index (χ1v) is 5.82. The Bertz CT molecular complexity index is 581. The van der Waals surface area contributed by atoms with Crippen LogP contribution in [0, 0.1) is 20.8 Å². The number of aromatic nitrogens is 1. The minimum atomic E-state index is 0.142. The van der Waals surface area contributed by atoms with Crippen LogP contribution < -0.4 is 5.32 Å². The van der Waals surface area contributed by atoms with Gasteiger partial charge in [-0.05, 0) is 45.0 Å². The lowest BCUT2D eigenvalue weighted by molar-refractivity contribution is 0.0994. The summed E-state index contributed by atoms with van der Waals surface area (Å²) in [6, 6.07) is 4.21. The van der Waals surface area contributed by atoms with E-state index in [-0.39, 0.29) is 5.78 Å². The maximum absolute atomic E-state index is 12.1. The number of aryl methyl sites for hydroxylation is 3. The van der Waals surface area contributed by atoms with Crippen LogP contribution in [0.4, 0.5) is 0 Å². The van der Waals surface area contributed by atoms with Crippen molar-refractivity contribution in [2.45, 2.75) is 20.8 Å². The van der Waals surface area contributed by atoms with Crippen molar-refractivity contribution in [1.29, 1.82) is 0 Å². The van der Waals surface area contributed by atoms with Crippen molar-refractivity contribution in [3.8, 4) is 0 Å². The summed E-state index contributed by atoms with van der Waals surface area (Å²) in [5.41, 5.74) is 5.20.